The van der Waals surface area contributed by atoms with Gasteiger partial charge in [0.1, 0.15) is 5.82 Å². The highest BCUT2D eigenvalue weighted by atomic mass is 16.1. The topological polar surface area (TPSA) is 49.0 Å². The van der Waals surface area contributed by atoms with Gasteiger partial charge in [-0.1, -0.05) is 32.9 Å². The first-order chi connectivity index (χ1) is 10.4. The summed E-state index contributed by atoms with van der Waals surface area (Å²) >= 11 is 0. The van der Waals surface area contributed by atoms with Crippen molar-refractivity contribution in [3.8, 4) is 0 Å². The van der Waals surface area contributed by atoms with Gasteiger partial charge in [-0.2, -0.15) is 0 Å². The van der Waals surface area contributed by atoms with E-state index in [1.165, 1.54) is 19.3 Å². The third-order valence-electron chi connectivity index (χ3n) is 4.76. The van der Waals surface area contributed by atoms with E-state index in [1.807, 2.05) is 0 Å². The lowest BCUT2D eigenvalue weighted by Crippen LogP contribution is -2.39. The molecule has 0 aromatic carbocycles. The highest BCUT2D eigenvalue weighted by Gasteiger charge is 2.25. The maximum Gasteiger partial charge on any atom is 0.254 e. The fraction of sp³-hybridized carbons (Fsp3) is 0.667. The van der Waals surface area contributed by atoms with Crippen LogP contribution in [0.15, 0.2) is 16.9 Å². The van der Waals surface area contributed by atoms with E-state index in [9.17, 15) is 4.79 Å². The van der Waals surface area contributed by atoms with Gasteiger partial charge in [0, 0.05) is 30.6 Å². The van der Waals surface area contributed by atoms with E-state index in [0.29, 0.717) is 0 Å². The fourth-order valence-electron chi connectivity index (χ4n) is 3.39. The third kappa shape index (κ3) is 3.32. The SMILES string of the molecule is CC(C)(C)c1nc2c(c(=O)[nH]1)CCN(CC1CC=CCC1)C2. The molecular weight excluding hydrogens is 274 g/mol. The molecule has 120 valence electrons. The van der Waals surface area contributed by atoms with Crippen LogP contribution in [0.1, 0.15) is 57.1 Å². The largest absolute Gasteiger partial charge is 0.310 e. The van der Waals surface area contributed by atoms with E-state index >= 15 is 0 Å². The van der Waals surface area contributed by atoms with Crippen molar-refractivity contribution in [3.63, 3.8) is 0 Å². The van der Waals surface area contributed by atoms with Crippen LogP contribution in [-0.4, -0.2) is 28.0 Å². The van der Waals surface area contributed by atoms with Crippen molar-refractivity contribution in [1.82, 2.24) is 14.9 Å². The van der Waals surface area contributed by atoms with E-state index in [0.717, 1.165) is 49.1 Å². The Morgan fingerprint density at radius 3 is 2.86 bits per heavy atom. The number of aromatic amines is 1. The molecule has 2 heterocycles. The molecule has 4 nitrogen and oxygen atoms in total. The predicted molar refractivity (Wildman–Crippen MR) is 89.0 cm³/mol. The Morgan fingerprint density at radius 2 is 2.18 bits per heavy atom. The van der Waals surface area contributed by atoms with E-state index in [1.54, 1.807) is 0 Å². The highest BCUT2D eigenvalue weighted by molar-refractivity contribution is 5.22. The second-order valence-electron chi connectivity index (χ2n) is 7.73. The van der Waals surface area contributed by atoms with Gasteiger partial charge < -0.3 is 4.98 Å². The normalized spacial score (nSPS) is 22.6. The van der Waals surface area contributed by atoms with Gasteiger partial charge in [-0.3, -0.25) is 9.69 Å². The van der Waals surface area contributed by atoms with E-state index < -0.39 is 0 Å². The van der Waals surface area contributed by atoms with Crippen LogP contribution in [0.4, 0.5) is 0 Å². The van der Waals surface area contributed by atoms with Crippen molar-refractivity contribution < 1.29 is 0 Å². The Labute approximate surface area is 132 Å². The van der Waals surface area contributed by atoms with E-state index in [-0.39, 0.29) is 11.0 Å². The van der Waals surface area contributed by atoms with Crippen molar-refractivity contribution >= 4 is 0 Å². The molecule has 1 aromatic rings. The number of nitrogens with zero attached hydrogens (tertiary/aromatic N) is 2. The molecule has 1 aliphatic carbocycles. The van der Waals surface area contributed by atoms with Crippen LogP contribution >= 0.6 is 0 Å². The summed E-state index contributed by atoms with van der Waals surface area (Å²) < 4.78 is 0. The summed E-state index contributed by atoms with van der Waals surface area (Å²) in [6.07, 6.45) is 9.12. The molecule has 3 rings (SSSR count). The number of H-pyrrole nitrogens is 1. The smallest absolute Gasteiger partial charge is 0.254 e. The van der Waals surface area contributed by atoms with Crippen LogP contribution < -0.4 is 5.56 Å². The van der Waals surface area contributed by atoms with Crippen LogP contribution in [0, 0.1) is 5.92 Å². The molecule has 1 unspecified atom stereocenters. The van der Waals surface area contributed by atoms with Crippen LogP contribution in [0.5, 0.6) is 0 Å². The Kier molecular flexibility index (Phi) is 4.22. The van der Waals surface area contributed by atoms with Gasteiger partial charge in [-0.15, -0.1) is 0 Å². The molecule has 0 fully saturated rings. The van der Waals surface area contributed by atoms with Gasteiger partial charge in [-0.05, 0) is 31.6 Å². The van der Waals surface area contributed by atoms with Gasteiger partial charge in [0.25, 0.3) is 5.56 Å². The number of aromatic nitrogens is 2. The summed E-state index contributed by atoms with van der Waals surface area (Å²) in [6, 6.07) is 0. The number of nitrogens with one attached hydrogen (secondary N) is 1. The summed E-state index contributed by atoms with van der Waals surface area (Å²) in [5, 5.41) is 0. The second kappa shape index (κ2) is 5.99. The molecule has 0 radical (unpaired) electrons. The minimum atomic E-state index is -0.120. The molecule has 1 N–H and O–H groups in total. The molecule has 2 aliphatic rings. The maximum atomic E-state index is 12.3. The molecular formula is C18H27N3O. The Morgan fingerprint density at radius 1 is 1.36 bits per heavy atom. The van der Waals surface area contributed by atoms with Crippen molar-refractivity contribution in [1.29, 1.82) is 0 Å². The predicted octanol–water partition coefficient (Wildman–Crippen LogP) is 2.78. The first kappa shape index (κ1) is 15.5. The molecule has 0 amide bonds. The summed E-state index contributed by atoms with van der Waals surface area (Å²) in [6.45, 7) is 9.20. The highest BCUT2D eigenvalue weighted by Crippen LogP contribution is 2.24. The molecule has 22 heavy (non-hydrogen) atoms. The van der Waals surface area contributed by atoms with Crippen molar-refractivity contribution in [2.75, 3.05) is 13.1 Å². The molecule has 0 spiro atoms. The summed E-state index contributed by atoms with van der Waals surface area (Å²) in [5.74, 6) is 1.56. The van der Waals surface area contributed by atoms with Crippen molar-refractivity contribution in [2.24, 2.45) is 5.92 Å². The molecule has 0 saturated carbocycles. The van der Waals surface area contributed by atoms with Gasteiger partial charge in [0.15, 0.2) is 0 Å². The lowest BCUT2D eigenvalue weighted by atomic mass is 9.92. The summed E-state index contributed by atoms with van der Waals surface area (Å²) in [5.41, 5.74) is 1.83. The molecule has 1 aromatic heterocycles. The van der Waals surface area contributed by atoms with E-state index in [2.05, 4.69) is 42.8 Å². The van der Waals surface area contributed by atoms with Crippen LogP contribution in [-0.2, 0) is 18.4 Å². The number of allylic oxidation sites excluding steroid dienone is 2. The zero-order chi connectivity index (χ0) is 15.7. The standard InChI is InChI=1S/C18H27N3O/c1-18(2,3)17-19-15-12-21(10-9-14(15)16(22)20-17)11-13-7-5-4-6-8-13/h4-5,13H,6-12H2,1-3H3,(H,19,20,22). The minimum Gasteiger partial charge on any atom is -0.310 e. The van der Waals surface area contributed by atoms with Gasteiger partial charge in [0.05, 0.1) is 5.69 Å². The number of rotatable bonds is 2. The second-order valence-corrected chi connectivity index (χ2v) is 7.73. The molecule has 0 saturated heterocycles. The monoisotopic (exact) mass is 301 g/mol. The average Bonchev–Trinajstić information content (AvgIpc) is 2.47. The summed E-state index contributed by atoms with van der Waals surface area (Å²) in [7, 11) is 0. The fourth-order valence-corrected chi connectivity index (χ4v) is 3.39. The third-order valence-corrected chi connectivity index (χ3v) is 4.76. The van der Waals surface area contributed by atoms with Crippen LogP contribution in [0.25, 0.3) is 0 Å². The molecule has 0 bridgehead atoms. The van der Waals surface area contributed by atoms with Crippen molar-refractivity contribution in [2.45, 2.75) is 58.4 Å². The zero-order valence-corrected chi connectivity index (χ0v) is 14.0. The Bertz CT molecular complexity index is 624. The van der Waals surface area contributed by atoms with Gasteiger partial charge >= 0.3 is 0 Å². The van der Waals surface area contributed by atoms with E-state index in [4.69, 9.17) is 4.98 Å². The number of fused-ring (bicyclic) bond motifs is 1. The first-order valence-corrected chi connectivity index (χ1v) is 8.43. The molecule has 1 atom stereocenters. The lowest BCUT2D eigenvalue weighted by Gasteiger charge is -2.32. The van der Waals surface area contributed by atoms with Crippen molar-refractivity contribution in [3.05, 3.63) is 39.6 Å². The minimum absolute atomic E-state index is 0.0650. The van der Waals surface area contributed by atoms with Gasteiger partial charge in [-0.25, -0.2) is 4.98 Å². The van der Waals surface area contributed by atoms with Gasteiger partial charge in [0.2, 0.25) is 0 Å². The number of hydrogen-bond acceptors (Lipinski definition) is 3. The van der Waals surface area contributed by atoms with Crippen LogP contribution in [0.2, 0.25) is 0 Å². The molecule has 1 aliphatic heterocycles. The quantitative estimate of drug-likeness (QED) is 0.855. The summed E-state index contributed by atoms with van der Waals surface area (Å²) in [4.78, 5) is 22.5. The Balaban J connectivity index is 1.78. The lowest BCUT2D eigenvalue weighted by molar-refractivity contribution is 0.202. The Hall–Kier alpha value is -1.42. The molecule has 4 heteroatoms. The number of hydrogen-bond donors (Lipinski definition) is 1. The maximum absolute atomic E-state index is 12.3. The van der Waals surface area contributed by atoms with Crippen LogP contribution in [0.3, 0.4) is 0 Å². The first-order valence-electron chi connectivity index (χ1n) is 8.43. The average molecular weight is 301 g/mol. The zero-order valence-electron chi connectivity index (χ0n) is 14.0.